The fraction of sp³-hybridized carbons (Fsp3) is 0.412. The fourth-order valence-electron chi connectivity index (χ4n) is 3.01. The van der Waals surface area contributed by atoms with E-state index in [1.807, 2.05) is 4.90 Å². The first kappa shape index (κ1) is 14.6. The zero-order chi connectivity index (χ0) is 15.7. The lowest BCUT2D eigenvalue weighted by molar-refractivity contribution is 0.0715. The lowest BCUT2D eigenvalue weighted by Gasteiger charge is -2.41. The van der Waals surface area contributed by atoms with Crippen LogP contribution in [0.3, 0.4) is 0 Å². The average molecular weight is 298 g/mol. The van der Waals surface area contributed by atoms with Crippen LogP contribution in [0.4, 0.5) is 5.69 Å². The van der Waals surface area contributed by atoms with Crippen molar-refractivity contribution in [1.29, 1.82) is 0 Å². The Balaban J connectivity index is 1.71. The first-order valence-electron chi connectivity index (χ1n) is 7.67. The number of amides is 1. The second kappa shape index (κ2) is 5.83. The number of aryl methyl sites for hydroxylation is 2. The molecule has 1 fully saturated rings. The van der Waals surface area contributed by atoms with E-state index in [-0.39, 0.29) is 5.91 Å². The molecule has 116 valence electrons. The minimum absolute atomic E-state index is 0.0652. The summed E-state index contributed by atoms with van der Waals surface area (Å²) in [7, 11) is 1.80. The van der Waals surface area contributed by atoms with Crippen molar-refractivity contribution in [3.05, 3.63) is 47.8 Å². The predicted octanol–water partition coefficient (Wildman–Crippen LogP) is 2.08. The van der Waals surface area contributed by atoms with Crippen molar-refractivity contribution in [1.82, 2.24) is 14.7 Å². The standard InChI is InChI=1S/C17H22N4O/c1-13-4-6-15(7-5-13)21-11-10-20(12-14(21)2)17(22)16-8-9-18-19(16)3/h4-9,14H,10-12H2,1-3H3/t14-/m0/s1. The Bertz CT molecular complexity index is 662. The van der Waals surface area contributed by atoms with Gasteiger partial charge in [0.2, 0.25) is 0 Å². The number of benzene rings is 1. The summed E-state index contributed by atoms with van der Waals surface area (Å²) in [5.41, 5.74) is 3.14. The molecule has 1 aliphatic rings. The van der Waals surface area contributed by atoms with Gasteiger partial charge in [-0.25, -0.2) is 0 Å². The van der Waals surface area contributed by atoms with Crippen LogP contribution >= 0.6 is 0 Å². The van der Waals surface area contributed by atoms with Gasteiger partial charge in [0, 0.05) is 44.6 Å². The van der Waals surface area contributed by atoms with Crippen LogP contribution < -0.4 is 4.90 Å². The van der Waals surface area contributed by atoms with Crippen LogP contribution in [0.2, 0.25) is 0 Å². The first-order valence-corrected chi connectivity index (χ1v) is 7.67. The van der Waals surface area contributed by atoms with Gasteiger partial charge in [-0.3, -0.25) is 9.48 Å². The lowest BCUT2D eigenvalue weighted by Crippen LogP contribution is -2.54. The summed E-state index contributed by atoms with van der Waals surface area (Å²) in [4.78, 5) is 16.9. The number of hydrogen-bond donors (Lipinski definition) is 0. The lowest BCUT2D eigenvalue weighted by atomic mass is 10.1. The molecule has 3 rings (SSSR count). The molecule has 1 saturated heterocycles. The average Bonchev–Trinajstić information content (AvgIpc) is 2.93. The highest BCUT2D eigenvalue weighted by Gasteiger charge is 2.28. The Hall–Kier alpha value is -2.30. The summed E-state index contributed by atoms with van der Waals surface area (Å²) in [6.07, 6.45) is 1.67. The zero-order valence-electron chi connectivity index (χ0n) is 13.4. The molecule has 5 heteroatoms. The number of rotatable bonds is 2. The quantitative estimate of drug-likeness (QED) is 0.852. The summed E-state index contributed by atoms with van der Waals surface area (Å²) < 4.78 is 1.64. The van der Waals surface area contributed by atoms with Gasteiger partial charge >= 0.3 is 0 Å². The highest BCUT2D eigenvalue weighted by Crippen LogP contribution is 2.21. The SMILES string of the molecule is Cc1ccc(N2CCN(C(=O)c3ccnn3C)C[C@@H]2C)cc1. The van der Waals surface area contributed by atoms with E-state index < -0.39 is 0 Å². The third kappa shape index (κ3) is 2.71. The molecule has 0 bridgehead atoms. The smallest absolute Gasteiger partial charge is 0.272 e. The van der Waals surface area contributed by atoms with Crippen LogP contribution in [-0.2, 0) is 7.05 Å². The van der Waals surface area contributed by atoms with E-state index >= 15 is 0 Å². The van der Waals surface area contributed by atoms with Crippen molar-refractivity contribution in [2.75, 3.05) is 24.5 Å². The monoisotopic (exact) mass is 298 g/mol. The second-order valence-corrected chi connectivity index (χ2v) is 5.97. The second-order valence-electron chi connectivity index (χ2n) is 5.97. The molecule has 0 N–H and O–H groups in total. The van der Waals surface area contributed by atoms with E-state index in [0.717, 1.165) is 19.6 Å². The van der Waals surface area contributed by atoms with Crippen molar-refractivity contribution >= 4 is 11.6 Å². The van der Waals surface area contributed by atoms with Crippen molar-refractivity contribution in [2.24, 2.45) is 7.05 Å². The van der Waals surface area contributed by atoms with Gasteiger partial charge in [-0.1, -0.05) is 17.7 Å². The number of piperazine rings is 1. The largest absolute Gasteiger partial charge is 0.365 e. The molecule has 2 aromatic rings. The van der Waals surface area contributed by atoms with E-state index in [2.05, 4.69) is 48.1 Å². The van der Waals surface area contributed by atoms with Crippen molar-refractivity contribution in [3.8, 4) is 0 Å². The summed E-state index contributed by atoms with van der Waals surface area (Å²) >= 11 is 0. The van der Waals surface area contributed by atoms with Crippen LogP contribution in [0.15, 0.2) is 36.5 Å². The highest BCUT2D eigenvalue weighted by atomic mass is 16.2. The molecule has 1 amide bonds. The molecular formula is C17H22N4O. The van der Waals surface area contributed by atoms with Crippen LogP contribution in [0.25, 0.3) is 0 Å². The number of aromatic nitrogens is 2. The van der Waals surface area contributed by atoms with E-state index in [4.69, 9.17) is 0 Å². The molecule has 0 spiro atoms. The maximum Gasteiger partial charge on any atom is 0.272 e. The van der Waals surface area contributed by atoms with Gasteiger partial charge in [0.25, 0.3) is 5.91 Å². The highest BCUT2D eigenvalue weighted by molar-refractivity contribution is 5.92. The number of hydrogen-bond acceptors (Lipinski definition) is 3. The van der Waals surface area contributed by atoms with Gasteiger partial charge in [0.05, 0.1) is 0 Å². The molecule has 0 saturated carbocycles. The summed E-state index contributed by atoms with van der Waals surface area (Å²) in [6, 6.07) is 10.7. The van der Waals surface area contributed by atoms with E-state index in [9.17, 15) is 4.79 Å². The molecular weight excluding hydrogens is 276 g/mol. The third-order valence-corrected chi connectivity index (χ3v) is 4.32. The van der Waals surface area contributed by atoms with Crippen LogP contribution in [0.5, 0.6) is 0 Å². The normalized spacial score (nSPS) is 18.6. The summed E-state index contributed by atoms with van der Waals surface area (Å²) in [5, 5.41) is 4.08. The zero-order valence-corrected chi connectivity index (χ0v) is 13.4. The Labute approximate surface area is 131 Å². The van der Waals surface area contributed by atoms with E-state index in [1.54, 1.807) is 24.0 Å². The van der Waals surface area contributed by atoms with Crippen molar-refractivity contribution in [3.63, 3.8) is 0 Å². The molecule has 5 nitrogen and oxygen atoms in total. The van der Waals surface area contributed by atoms with Gasteiger partial charge < -0.3 is 9.80 Å². The molecule has 0 unspecified atom stereocenters. The molecule has 0 radical (unpaired) electrons. The fourth-order valence-corrected chi connectivity index (χ4v) is 3.01. The predicted molar refractivity (Wildman–Crippen MR) is 87.1 cm³/mol. The number of carbonyl (C=O) groups excluding carboxylic acids is 1. The molecule has 22 heavy (non-hydrogen) atoms. The number of anilines is 1. The number of nitrogens with zero attached hydrogens (tertiary/aromatic N) is 4. The van der Waals surface area contributed by atoms with Crippen LogP contribution in [0, 0.1) is 6.92 Å². The van der Waals surface area contributed by atoms with E-state index in [1.165, 1.54) is 11.3 Å². The number of carbonyl (C=O) groups is 1. The molecule has 2 heterocycles. The van der Waals surface area contributed by atoms with Crippen molar-refractivity contribution in [2.45, 2.75) is 19.9 Å². The Morgan fingerprint density at radius 1 is 1.18 bits per heavy atom. The van der Waals surface area contributed by atoms with Crippen molar-refractivity contribution < 1.29 is 4.79 Å². The summed E-state index contributed by atoms with van der Waals surface area (Å²) in [6.45, 7) is 6.59. The van der Waals surface area contributed by atoms with E-state index in [0.29, 0.717) is 11.7 Å². The van der Waals surface area contributed by atoms with Crippen LogP contribution in [-0.4, -0.2) is 46.3 Å². The van der Waals surface area contributed by atoms with Crippen LogP contribution in [0.1, 0.15) is 23.0 Å². The minimum atomic E-state index is 0.0652. The molecule has 1 aliphatic heterocycles. The van der Waals surface area contributed by atoms with Gasteiger partial charge in [-0.05, 0) is 32.0 Å². The van der Waals surface area contributed by atoms with Gasteiger partial charge in [-0.15, -0.1) is 0 Å². The molecule has 1 aromatic carbocycles. The summed E-state index contributed by atoms with van der Waals surface area (Å²) in [5.74, 6) is 0.0652. The van der Waals surface area contributed by atoms with Gasteiger partial charge in [0.1, 0.15) is 5.69 Å². The first-order chi connectivity index (χ1) is 10.6. The third-order valence-electron chi connectivity index (χ3n) is 4.32. The minimum Gasteiger partial charge on any atom is -0.365 e. The maximum atomic E-state index is 12.6. The van der Waals surface area contributed by atoms with Gasteiger partial charge in [0.15, 0.2) is 0 Å². The Kier molecular flexibility index (Phi) is 3.88. The topological polar surface area (TPSA) is 41.4 Å². The van der Waals surface area contributed by atoms with Gasteiger partial charge in [-0.2, -0.15) is 5.10 Å². The Morgan fingerprint density at radius 3 is 2.50 bits per heavy atom. The molecule has 1 atom stereocenters. The maximum absolute atomic E-state index is 12.6. The molecule has 1 aromatic heterocycles. The Morgan fingerprint density at radius 2 is 1.91 bits per heavy atom. The molecule has 0 aliphatic carbocycles.